The molecule has 0 aromatic heterocycles. The van der Waals surface area contributed by atoms with Crippen molar-refractivity contribution in [1.82, 2.24) is 0 Å². The second-order valence-corrected chi connectivity index (χ2v) is 5.87. The summed E-state index contributed by atoms with van der Waals surface area (Å²) in [6.45, 7) is 13.4. The van der Waals surface area contributed by atoms with Crippen molar-refractivity contribution in [2.24, 2.45) is 17.3 Å². The minimum absolute atomic E-state index is 0.0573. The Morgan fingerprint density at radius 3 is 2.13 bits per heavy atom. The van der Waals surface area contributed by atoms with Crippen LogP contribution in [-0.2, 0) is 9.53 Å². The van der Waals surface area contributed by atoms with E-state index in [0.29, 0.717) is 24.9 Å². The molecule has 0 rings (SSSR count). The minimum atomic E-state index is -0.0573. The highest BCUT2D eigenvalue weighted by atomic mass is 16.5. The molecule has 0 amide bonds. The molecule has 0 radical (unpaired) electrons. The lowest BCUT2D eigenvalue weighted by molar-refractivity contribution is -0.145. The zero-order chi connectivity index (χ0) is 12.1. The fourth-order valence-corrected chi connectivity index (χ4v) is 1.02. The lowest BCUT2D eigenvalue weighted by Gasteiger charge is -2.26. The molecule has 0 aliphatic rings. The Labute approximate surface area is 94.4 Å². The summed E-state index contributed by atoms with van der Waals surface area (Å²) in [4.78, 5) is 11.5. The van der Waals surface area contributed by atoms with Gasteiger partial charge in [0.25, 0.3) is 0 Å². The summed E-state index contributed by atoms with van der Waals surface area (Å²) in [5.74, 6) is 0.903. The topological polar surface area (TPSA) is 26.3 Å². The van der Waals surface area contributed by atoms with Gasteiger partial charge >= 0.3 is 5.97 Å². The lowest BCUT2D eigenvalue weighted by atomic mass is 9.80. The Hall–Kier alpha value is -0.530. The molecule has 2 heteroatoms. The first-order valence-electron chi connectivity index (χ1n) is 5.89. The summed E-state index contributed by atoms with van der Waals surface area (Å²) in [6, 6.07) is 0. The third-order valence-electron chi connectivity index (χ3n) is 2.91. The van der Waals surface area contributed by atoms with Crippen molar-refractivity contribution in [3.63, 3.8) is 0 Å². The molecule has 0 saturated carbocycles. The Bertz CT molecular complexity index is 189. The van der Waals surface area contributed by atoms with Gasteiger partial charge in [-0.3, -0.25) is 4.79 Å². The van der Waals surface area contributed by atoms with Crippen LogP contribution >= 0.6 is 0 Å². The Balaban J connectivity index is 3.75. The van der Waals surface area contributed by atoms with E-state index in [1.165, 1.54) is 0 Å². The summed E-state index contributed by atoms with van der Waals surface area (Å²) in [5, 5.41) is 0. The monoisotopic (exact) mass is 214 g/mol. The van der Waals surface area contributed by atoms with Crippen molar-refractivity contribution in [2.45, 2.75) is 54.4 Å². The van der Waals surface area contributed by atoms with Crippen LogP contribution in [0.15, 0.2) is 0 Å². The Morgan fingerprint density at radius 2 is 1.73 bits per heavy atom. The minimum Gasteiger partial charge on any atom is -0.466 e. The molecule has 0 N–H and O–H groups in total. The molecule has 0 aromatic carbocycles. The van der Waals surface area contributed by atoms with Crippen LogP contribution in [-0.4, -0.2) is 12.6 Å². The number of hydrogen-bond donors (Lipinski definition) is 0. The lowest BCUT2D eigenvalue weighted by Crippen LogP contribution is -2.22. The second kappa shape index (κ2) is 6.14. The van der Waals surface area contributed by atoms with Gasteiger partial charge in [-0.2, -0.15) is 0 Å². The van der Waals surface area contributed by atoms with Crippen LogP contribution in [0.1, 0.15) is 54.4 Å². The molecule has 1 atom stereocenters. The van der Waals surface area contributed by atoms with Crippen LogP contribution in [0.4, 0.5) is 0 Å². The van der Waals surface area contributed by atoms with Gasteiger partial charge in [-0.25, -0.2) is 0 Å². The van der Waals surface area contributed by atoms with E-state index in [9.17, 15) is 4.79 Å². The summed E-state index contributed by atoms with van der Waals surface area (Å²) in [5.41, 5.74) is 0.178. The summed E-state index contributed by atoms with van der Waals surface area (Å²) in [6.07, 6.45) is 1.48. The maximum Gasteiger partial charge on any atom is 0.306 e. The Kier molecular flexibility index (Phi) is 5.92. The predicted molar refractivity (Wildman–Crippen MR) is 63.7 cm³/mol. The van der Waals surface area contributed by atoms with Gasteiger partial charge < -0.3 is 4.74 Å². The molecule has 0 spiro atoms. The van der Waals surface area contributed by atoms with Gasteiger partial charge in [-0.1, -0.05) is 41.5 Å². The summed E-state index contributed by atoms with van der Waals surface area (Å²) in [7, 11) is 0. The number of rotatable bonds is 5. The SMILES string of the molecule is CC(C)CCOC(=O)CC(C)C(C)(C)C. The van der Waals surface area contributed by atoms with E-state index in [-0.39, 0.29) is 11.4 Å². The molecule has 0 aromatic rings. The van der Waals surface area contributed by atoms with Crippen LogP contribution in [0.5, 0.6) is 0 Å². The molecule has 1 unspecified atom stereocenters. The quantitative estimate of drug-likeness (QED) is 0.653. The van der Waals surface area contributed by atoms with Gasteiger partial charge in [0.2, 0.25) is 0 Å². The fraction of sp³-hybridized carbons (Fsp3) is 0.923. The number of hydrogen-bond acceptors (Lipinski definition) is 2. The number of ether oxygens (including phenoxy) is 1. The molecule has 0 bridgehead atoms. The van der Waals surface area contributed by atoms with E-state index in [1.54, 1.807) is 0 Å². The fourth-order valence-electron chi connectivity index (χ4n) is 1.02. The molecular formula is C13H26O2. The highest BCUT2D eigenvalue weighted by Gasteiger charge is 2.23. The van der Waals surface area contributed by atoms with E-state index in [0.717, 1.165) is 6.42 Å². The number of carbonyl (C=O) groups excluding carboxylic acids is 1. The van der Waals surface area contributed by atoms with Gasteiger partial charge in [0.1, 0.15) is 0 Å². The normalized spacial score (nSPS) is 14.1. The largest absolute Gasteiger partial charge is 0.466 e. The molecule has 0 fully saturated rings. The van der Waals surface area contributed by atoms with Gasteiger partial charge in [0.15, 0.2) is 0 Å². The number of carbonyl (C=O) groups is 1. The molecule has 15 heavy (non-hydrogen) atoms. The van der Waals surface area contributed by atoms with Crippen LogP contribution < -0.4 is 0 Å². The molecule has 0 aliphatic carbocycles. The van der Waals surface area contributed by atoms with E-state index < -0.39 is 0 Å². The summed E-state index contributed by atoms with van der Waals surface area (Å²) < 4.78 is 5.18. The zero-order valence-corrected chi connectivity index (χ0v) is 11.1. The molecule has 0 aliphatic heterocycles. The molecular weight excluding hydrogens is 188 g/mol. The van der Waals surface area contributed by atoms with Crippen molar-refractivity contribution >= 4 is 5.97 Å². The average molecular weight is 214 g/mol. The van der Waals surface area contributed by atoms with E-state index in [2.05, 4.69) is 41.5 Å². The van der Waals surface area contributed by atoms with Crippen LogP contribution in [0.25, 0.3) is 0 Å². The predicted octanol–water partition coefficient (Wildman–Crippen LogP) is 3.65. The molecule has 2 nitrogen and oxygen atoms in total. The standard InChI is InChI=1S/C13H26O2/c1-10(2)7-8-15-12(14)9-11(3)13(4,5)6/h10-11H,7-9H2,1-6H3. The van der Waals surface area contributed by atoms with Crippen molar-refractivity contribution in [2.75, 3.05) is 6.61 Å². The van der Waals surface area contributed by atoms with Crippen LogP contribution in [0.2, 0.25) is 0 Å². The van der Waals surface area contributed by atoms with Crippen molar-refractivity contribution in [1.29, 1.82) is 0 Å². The molecule has 0 saturated heterocycles. The van der Waals surface area contributed by atoms with Crippen LogP contribution in [0, 0.1) is 17.3 Å². The maximum absolute atomic E-state index is 11.5. The van der Waals surface area contributed by atoms with Gasteiger partial charge in [-0.05, 0) is 23.7 Å². The molecule has 90 valence electrons. The van der Waals surface area contributed by atoms with E-state index in [1.807, 2.05) is 0 Å². The van der Waals surface area contributed by atoms with E-state index >= 15 is 0 Å². The summed E-state index contributed by atoms with van der Waals surface area (Å²) >= 11 is 0. The highest BCUT2D eigenvalue weighted by molar-refractivity contribution is 5.69. The Morgan fingerprint density at radius 1 is 1.20 bits per heavy atom. The third-order valence-corrected chi connectivity index (χ3v) is 2.91. The molecule has 0 heterocycles. The first kappa shape index (κ1) is 14.5. The third kappa shape index (κ3) is 7.40. The average Bonchev–Trinajstić information content (AvgIpc) is 2.01. The second-order valence-electron chi connectivity index (χ2n) is 5.87. The highest BCUT2D eigenvalue weighted by Crippen LogP contribution is 2.28. The van der Waals surface area contributed by atoms with Crippen molar-refractivity contribution in [3.8, 4) is 0 Å². The van der Waals surface area contributed by atoms with E-state index in [4.69, 9.17) is 4.74 Å². The smallest absolute Gasteiger partial charge is 0.306 e. The van der Waals surface area contributed by atoms with Crippen molar-refractivity contribution < 1.29 is 9.53 Å². The first-order chi connectivity index (χ1) is 6.73. The van der Waals surface area contributed by atoms with Gasteiger partial charge in [0, 0.05) is 6.42 Å². The van der Waals surface area contributed by atoms with Gasteiger partial charge in [0.05, 0.1) is 6.61 Å². The van der Waals surface area contributed by atoms with Gasteiger partial charge in [-0.15, -0.1) is 0 Å². The number of esters is 1. The van der Waals surface area contributed by atoms with Crippen LogP contribution in [0.3, 0.4) is 0 Å². The zero-order valence-electron chi connectivity index (χ0n) is 11.1. The maximum atomic E-state index is 11.5. The first-order valence-corrected chi connectivity index (χ1v) is 5.89. The van der Waals surface area contributed by atoms with Crippen molar-refractivity contribution in [3.05, 3.63) is 0 Å².